The average molecular weight is 277 g/mol. The van der Waals surface area contributed by atoms with Crippen LogP contribution in [0.4, 0.5) is 16.2 Å². The summed E-state index contributed by atoms with van der Waals surface area (Å²) in [5.74, 6) is 0.475. The minimum atomic E-state index is -0.416. The van der Waals surface area contributed by atoms with Gasteiger partial charge in [0.15, 0.2) is 6.61 Å². The van der Waals surface area contributed by atoms with E-state index in [-0.39, 0.29) is 18.6 Å². The Bertz CT molecular complexity index is 575. The van der Waals surface area contributed by atoms with E-state index in [0.717, 1.165) is 0 Å². The Hall–Kier alpha value is -2.28. The van der Waals surface area contributed by atoms with Crippen LogP contribution in [0.15, 0.2) is 18.2 Å². The third-order valence-corrected chi connectivity index (χ3v) is 3.48. The molecule has 1 aromatic carbocycles. The van der Waals surface area contributed by atoms with Crippen LogP contribution in [0.25, 0.3) is 0 Å². The van der Waals surface area contributed by atoms with Crippen LogP contribution in [-0.4, -0.2) is 44.8 Å². The fourth-order valence-corrected chi connectivity index (χ4v) is 2.29. The number of benzene rings is 1. The molecule has 7 nitrogen and oxygen atoms in total. The summed E-state index contributed by atoms with van der Waals surface area (Å²) in [5, 5.41) is 0. The molecule has 7 heteroatoms. The lowest BCUT2D eigenvalue weighted by atomic mass is 10.2. The second-order valence-corrected chi connectivity index (χ2v) is 4.75. The van der Waals surface area contributed by atoms with Crippen molar-refractivity contribution < 1.29 is 19.1 Å². The monoisotopic (exact) mass is 277 g/mol. The molecule has 1 saturated heterocycles. The molecule has 0 aliphatic carbocycles. The number of rotatable bonds is 2. The highest BCUT2D eigenvalue weighted by molar-refractivity contribution is 5.98. The van der Waals surface area contributed by atoms with Gasteiger partial charge in [0, 0.05) is 19.7 Å². The number of fused-ring (bicyclic) bond motifs is 1. The van der Waals surface area contributed by atoms with E-state index in [2.05, 4.69) is 0 Å². The Morgan fingerprint density at radius 1 is 1.40 bits per heavy atom. The molecule has 0 unspecified atom stereocenters. The first kappa shape index (κ1) is 12.7. The molecule has 1 atom stereocenters. The van der Waals surface area contributed by atoms with E-state index in [9.17, 15) is 9.59 Å². The maximum atomic E-state index is 11.8. The molecular formula is C13H15N3O4. The van der Waals surface area contributed by atoms with Crippen molar-refractivity contribution in [2.45, 2.75) is 6.10 Å². The van der Waals surface area contributed by atoms with Gasteiger partial charge in [-0.1, -0.05) is 0 Å². The number of nitrogens with zero attached hydrogens (tertiary/aromatic N) is 2. The second kappa shape index (κ2) is 4.68. The van der Waals surface area contributed by atoms with Gasteiger partial charge in [0.1, 0.15) is 11.9 Å². The average Bonchev–Trinajstić information content (AvgIpc) is 2.84. The number of cyclic esters (lactones) is 1. The zero-order valence-electron chi connectivity index (χ0n) is 11.0. The first-order valence-electron chi connectivity index (χ1n) is 6.32. The first-order chi connectivity index (χ1) is 9.60. The lowest BCUT2D eigenvalue weighted by molar-refractivity contribution is -0.120. The Kier molecular flexibility index (Phi) is 2.98. The van der Waals surface area contributed by atoms with Crippen molar-refractivity contribution in [3.8, 4) is 5.75 Å². The molecule has 2 aliphatic rings. The van der Waals surface area contributed by atoms with Gasteiger partial charge in [-0.05, 0) is 12.1 Å². The topological polar surface area (TPSA) is 85.1 Å². The molecule has 3 rings (SSSR count). The van der Waals surface area contributed by atoms with Crippen LogP contribution >= 0.6 is 0 Å². The summed E-state index contributed by atoms with van der Waals surface area (Å²) in [5.41, 5.74) is 6.87. The lowest BCUT2D eigenvalue weighted by Crippen LogP contribution is -2.35. The molecular weight excluding hydrogens is 262 g/mol. The number of hydrogen-bond donors (Lipinski definition) is 1. The second-order valence-electron chi connectivity index (χ2n) is 4.75. The van der Waals surface area contributed by atoms with Crippen LogP contribution in [0.3, 0.4) is 0 Å². The number of carbonyl (C=O) groups excluding carboxylic acids is 2. The number of amides is 2. The Labute approximate surface area is 115 Å². The van der Waals surface area contributed by atoms with E-state index in [4.69, 9.17) is 15.2 Å². The van der Waals surface area contributed by atoms with E-state index in [0.29, 0.717) is 30.2 Å². The van der Waals surface area contributed by atoms with E-state index in [1.165, 1.54) is 9.80 Å². The summed E-state index contributed by atoms with van der Waals surface area (Å²) in [4.78, 5) is 26.4. The highest BCUT2D eigenvalue weighted by Gasteiger charge is 2.32. The van der Waals surface area contributed by atoms with E-state index >= 15 is 0 Å². The van der Waals surface area contributed by atoms with Crippen molar-refractivity contribution in [1.29, 1.82) is 0 Å². The van der Waals surface area contributed by atoms with Crippen LogP contribution in [-0.2, 0) is 9.53 Å². The maximum Gasteiger partial charge on any atom is 0.414 e. The van der Waals surface area contributed by atoms with Crippen molar-refractivity contribution >= 4 is 23.4 Å². The van der Waals surface area contributed by atoms with E-state index in [1.807, 2.05) is 0 Å². The van der Waals surface area contributed by atoms with Gasteiger partial charge in [-0.2, -0.15) is 0 Å². The van der Waals surface area contributed by atoms with E-state index in [1.54, 1.807) is 25.2 Å². The minimum absolute atomic E-state index is 0.00280. The molecule has 1 aromatic rings. The fraction of sp³-hybridized carbons (Fsp3) is 0.385. The molecule has 2 heterocycles. The van der Waals surface area contributed by atoms with Gasteiger partial charge >= 0.3 is 6.09 Å². The molecule has 106 valence electrons. The zero-order chi connectivity index (χ0) is 14.3. The van der Waals surface area contributed by atoms with Gasteiger partial charge in [0.05, 0.1) is 17.9 Å². The number of ether oxygens (including phenoxy) is 2. The van der Waals surface area contributed by atoms with Gasteiger partial charge in [-0.3, -0.25) is 9.69 Å². The van der Waals surface area contributed by atoms with Gasteiger partial charge in [0.25, 0.3) is 5.91 Å². The molecule has 20 heavy (non-hydrogen) atoms. The summed E-state index contributed by atoms with van der Waals surface area (Å²) in [6.07, 6.45) is -0.704. The molecule has 0 saturated carbocycles. The van der Waals surface area contributed by atoms with Crippen molar-refractivity contribution in [2.24, 2.45) is 5.73 Å². The summed E-state index contributed by atoms with van der Waals surface area (Å²) in [6.45, 7) is 0.715. The van der Waals surface area contributed by atoms with Crippen LogP contribution in [0.2, 0.25) is 0 Å². The third kappa shape index (κ3) is 1.96. The van der Waals surface area contributed by atoms with Crippen molar-refractivity contribution in [3.05, 3.63) is 18.2 Å². The summed E-state index contributed by atoms with van der Waals surface area (Å²) in [7, 11) is 1.69. The van der Waals surface area contributed by atoms with Crippen LogP contribution in [0.1, 0.15) is 0 Å². The third-order valence-electron chi connectivity index (χ3n) is 3.48. The van der Waals surface area contributed by atoms with Gasteiger partial charge < -0.3 is 20.1 Å². The van der Waals surface area contributed by atoms with E-state index < -0.39 is 6.09 Å². The SMILES string of the molecule is CN1C(=O)COc2cc(N3C[C@@H](CN)OC3=O)ccc21. The van der Waals surface area contributed by atoms with Gasteiger partial charge in [-0.15, -0.1) is 0 Å². The molecule has 2 aliphatic heterocycles. The molecule has 0 radical (unpaired) electrons. The molecule has 2 N–H and O–H groups in total. The van der Waals surface area contributed by atoms with Crippen molar-refractivity contribution in [3.63, 3.8) is 0 Å². The van der Waals surface area contributed by atoms with Gasteiger partial charge in [0.2, 0.25) is 0 Å². The van der Waals surface area contributed by atoms with Crippen molar-refractivity contribution in [1.82, 2.24) is 0 Å². The van der Waals surface area contributed by atoms with Crippen LogP contribution in [0.5, 0.6) is 5.75 Å². The summed E-state index contributed by atoms with van der Waals surface area (Å²) < 4.78 is 10.5. The van der Waals surface area contributed by atoms with Crippen LogP contribution < -0.4 is 20.3 Å². The predicted octanol–water partition coefficient (Wildman–Crippen LogP) is 0.326. The number of anilines is 2. The van der Waals surface area contributed by atoms with Crippen LogP contribution in [0, 0.1) is 0 Å². The fourth-order valence-electron chi connectivity index (χ4n) is 2.29. The normalized spacial score (nSPS) is 21.6. The largest absolute Gasteiger partial charge is 0.481 e. The summed E-state index contributed by atoms with van der Waals surface area (Å²) >= 11 is 0. The number of hydrogen-bond acceptors (Lipinski definition) is 5. The highest BCUT2D eigenvalue weighted by atomic mass is 16.6. The Morgan fingerprint density at radius 2 is 2.20 bits per heavy atom. The number of likely N-dealkylation sites (N-methyl/N-ethyl adjacent to an activating group) is 1. The molecule has 1 fully saturated rings. The first-order valence-corrected chi connectivity index (χ1v) is 6.32. The molecule has 2 amide bonds. The lowest BCUT2D eigenvalue weighted by Gasteiger charge is -2.27. The zero-order valence-corrected chi connectivity index (χ0v) is 11.0. The minimum Gasteiger partial charge on any atom is -0.481 e. The number of carbonyl (C=O) groups is 2. The molecule has 0 spiro atoms. The maximum absolute atomic E-state index is 11.8. The molecule has 0 aromatic heterocycles. The summed E-state index contributed by atoms with van der Waals surface area (Å²) in [6, 6.07) is 5.25. The Morgan fingerprint density at radius 3 is 2.90 bits per heavy atom. The standard InChI is InChI=1S/C13H15N3O4/c1-15-10-3-2-8(4-11(10)19-7-12(15)17)16-6-9(5-14)20-13(16)18/h2-4,9H,5-7,14H2,1H3/t9-/m1/s1. The quantitative estimate of drug-likeness (QED) is 0.841. The molecule has 0 bridgehead atoms. The smallest absolute Gasteiger partial charge is 0.414 e. The number of nitrogens with two attached hydrogens (primary N) is 1. The highest BCUT2D eigenvalue weighted by Crippen LogP contribution is 2.35. The van der Waals surface area contributed by atoms with Crippen molar-refractivity contribution in [2.75, 3.05) is 36.5 Å². The van der Waals surface area contributed by atoms with Gasteiger partial charge in [-0.25, -0.2) is 4.79 Å². The Balaban J connectivity index is 1.90. The predicted molar refractivity (Wildman–Crippen MR) is 72.0 cm³/mol.